The van der Waals surface area contributed by atoms with Crippen LogP contribution in [-0.4, -0.2) is 32.4 Å². The molecule has 5 nitrogen and oxygen atoms in total. The zero-order valence-electron chi connectivity index (χ0n) is 12.4. The van der Waals surface area contributed by atoms with Gasteiger partial charge in [0.05, 0.1) is 18.4 Å². The molecular formula is C15H20N2O3S. The molecule has 1 fully saturated rings. The van der Waals surface area contributed by atoms with Crippen LogP contribution in [0.3, 0.4) is 0 Å². The standard InChI is InChI=1S/C15H20N2O3S/c1-3-7-16-14-11-13(20-2)6-5-12(14)10-15(16)17-8-4-9-21(17,18)19/h5-6,10-11H,3-4,7-9H2,1-2H3. The Morgan fingerprint density at radius 1 is 1.29 bits per heavy atom. The summed E-state index contributed by atoms with van der Waals surface area (Å²) in [6.07, 6.45) is 1.64. The van der Waals surface area contributed by atoms with Crippen molar-refractivity contribution in [3.05, 3.63) is 24.3 Å². The Labute approximate surface area is 125 Å². The van der Waals surface area contributed by atoms with Gasteiger partial charge in [-0.1, -0.05) is 6.92 Å². The molecule has 0 bridgehead atoms. The summed E-state index contributed by atoms with van der Waals surface area (Å²) in [5.74, 6) is 1.80. The molecule has 0 N–H and O–H groups in total. The van der Waals surface area contributed by atoms with E-state index in [9.17, 15) is 8.42 Å². The minimum atomic E-state index is -3.16. The molecule has 2 heterocycles. The number of ether oxygens (including phenoxy) is 1. The maximum atomic E-state index is 12.2. The highest BCUT2D eigenvalue weighted by atomic mass is 32.2. The van der Waals surface area contributed by atoms with Gasteiger partial charge >= 0.3 is 0 Å². The molecular weight excluding hydrogens is 288 g/mol. The van der Waals surface area contributed by atoms with E-state index in [0.717, 1.165) is 35.4 Å². The van der Waals surface area contributed by atoms with Crippen LogP contribution in [-0.2, 0) is 16.6 Å². The van der Waals surface area contributed by atoms with Crippen LogP contribution in [0.25, 0.3) is 10.9 Å². The molecule has 0 amide bonds. The van der Waals surface area contributed by atoms with Crippen molar-refractivity contribution in [1.29, 1.82) is 0 Å². The van der Waals surface area contributed by atoms with Gasteiger partial charge in [-0.3, -0.25) is 4.31 Å². The quantitative estimate of drug-likeness (QED) is 0.872. The number of rotatable bonds is 4. The van der Waals surface area contributed by atoms with Crippen molar-refractivity contribution >= 4 is 26.7 Å². The lowest BCUT2D eigenvalue weighted by Crippen LogP contribution is -2.27. The highest BCUT2D eigenvalue weighted by Gasteiger charge is 2.31. The summed E-state index contributed by atoms with van der Waals surface area (Å²) < 4.78 is 33.3. The molecule has 1 saturated heterocycles. The summed E-state index contributed by atoms with van der Waals surface area (Å²) in [5.41, 5.74) is 1.02. The number of methoxy groups -OCH3 is 1. The van der Waals surface area contributed by atoms with Crippen LogP contribution in [0.4, 0.5) is 5.82 Å². The molecule has 0 spiro atoms. The first-order valence-corrected chi connectivity index (χ1v) is 8.85. The van der Waals surface area contributed by atoms with E-state index in [0.29, 0.717) is 13.0 Å². The molecule has 1 aliphatic rings. The maximum Gasteiger partial charge on any atom is 0.236 e. The van der Waals surface area contributed by atoms with Crippen molar-refractivity contribution in [3.8, 4) is 5.75 Å². The first kappa shape index (κ1) is 14.3. The van der Waals surface area contributed by atoms with Gasteiger partial charge in [0.1, 0.15) is 11.6 Å². The first-order chi connectivity index (χ1) is 10.1. The molecule has 0 aliphatic carbocycles. The van der Waals surface area contributed by atoms with Crippen molar-refractivity contribution in [2.45, 2.75) is 26.3 Å². The van der Waals surface area contributed by atoms with Crippen LogP contribution in [0, 0.1) is 0 Å². The molecule has 1 aromatic carbocycles. The fraction of sp³-hybridized carbons (Fsp3) is 0.467. The summed E-state index contributed by atoms with van der Waals surface area (Å²) >= 11 is 0. The lowest BCUT2D eigenvalue weighted by Gasteiger charge is -2.19. The van der Waals surface area contributed by atoms with E-state index in [1.54, 1.807) is 11.4 Å². The Balaban J connectivity index is 2.20. The maximum absolute atomic E-state index is 12.2. The van der Waals surface area contributed by atoms with Gasteiger partial charge in [-0.05, 0) is 31.0 Å². The van der Waals surface area contributed by atoms with Crippen LogP contribution in [0.15, 0.2) is 24.3 Å². The van der Waals surface area contributed by atoms with Crippen molar-refractivity contribution in [3.63, 3.8) is 0 Å². The summed E-state index contributed by atoms with van der Waals surface area (Å²) in [4.78, 5) is 0. The average molecular weight is 308 g/mol. The van der Waals surface area contributed by atoms with Crippen molar-refractivity contribution in [1.82, 2.24) is 4.57 Å². The number of fused-ring (bicyclic) bond motifs is 1. The van der Waals surface area contributed by atoms with Gasteiger partial charge in [0.15, 0.2) is 0 Å². The second-order valence-corrected chi connectivity index (χ2v) is 7.33. The zero-order valence-corrected chi connectivity index (χ0v) is 13.2. The van der Waals surface area contributed by atoms with E-state index >= 15 is 0 Å². The predicted octanol–water partition coefficient (Wildman–Crippen LogP) is 2.60. The van der Waals surface area contributed by atoms with Crippen molar-refractivity contribution in [2.75, 3.05) is 23.7 Å². The van der Waals surface area contributed by atoms with Crippen LogP contribution < -0.4 is 9.04 Å². The van der Waals surface area contributed by atoms with E-state index in [2.05, 4.69) is 11.5 Å². The Kier molecular flexibility index (Phi) is 3.57. The Hall–Kier alpha value is -1.69. The molecule has 0 atom stereocenters. The zero-order chi connectivity index (χ0) is 15.0. The topological polar surface area (TPSA) is 51.5 Å². The van der Waals surface area contributed by atoms with Gasteiger partial charge in [-0.25, -0.2) is 8.42 Å². The number of benzene rings is 1. The molecule has 21 heavy (non-hydrogen) atoms. The van der Waals surface area contributed by atoms with E-state index in [4.69, 9.17) is 4.74 Å². The lowest BCUT2D eigenvalue weighted by atomic mass is 10.2. The molecule has 0 saturated carbocycles. The second kappa shape index (κ2) is 5.26. The molecule has 1 aromatic heterocycles. The number of aromatic nitrogens is 1. The SMILES string of the molecule is CCCn1c(N2CCCS2(=O)=O)cc2ccc(OC)cc21. The van der Waals surface area contributed by atoms with Gasteiger partial charge in [-0.15, -0.1) is 0 Å². The molecule has 2 aromatic rings. The van der Waals surface area contributed by atoms with E-state index < -0.39 is 10.0 Å². The lowest BCUT2D eigenvalue weighted by molar-refractivity contribution is 0.415. The van der Waals surface area contributed by atoms with Gasteiger partial charge in [0.25, 0.3) is 0 Å². The fourth-order valence-corrected chi connectivity index (χ4v) is 4.47. The van der Waals surface area contributed by atoms with Crippen LogP contribution in [0.1, 0.15) is 19.8 Å². The average Bonchev–Trinajstić information content (AvgIpc) is 2.98. The molecule has 3 rings (SSSR count). The molecule has 0 radical (unpaired) electrons. The van der Waals surface area contributed by atoms with Crippen LogP contribution in [0.5, 0.6) is 5.75 Å². The molecule has 114 valence electrons. The summed E-state index contributed by atoms with van der Waals surface area (Å²) in [7, 11) is -1.52. The van der Waals surface area contributed by atoms with Gasteiger partial charge in [-0.2, -0.15) is 0 Å². The monoisotopic (exact) mass is 308 g/mol. The third-order valence-electron chi connectivity index (χ3n) is 3.89. The molecule has 0 unspecified atom stereocenters. The van der Waals surface area contributed by atoms with Crippen molar-refractivity contribution < 1.29 is 13.2 Å². The van der Waals surface area contributed by atoms with E-state index in [1.165, 1.54) is 0 Å². The second-order valence-electron chi connectivity index (χ2n) is 5.32. The third kappa shape index (κ3) is 2.37. The largest absolute Gasteiger partial charge is 0.497 e. The minimum Gasteiger partial charge on any atom is -0.497 e. The predicted molar refractivity (Wildman–Crippen MR) is 84.5 cm³/mol. The van der Waals surface area contributed by atoms with Crippen LogP contribution >= 0.6 is 0 Å². The summed E-state index contributed by atoms with van der Waals surface area (Å²) in [5, 5.41) is 1.04. The number of hydrogen-bond donors (Lipinski definition) is 0. The first-order valence-electron chi connectivity index (χ1n) is 7.24. The molecule has 6 heteroatoms. The normalized spacial score (nSPS) is 17.5. The summed E-state index contributed by atoms with van der Waals surface area (Å²) in [6.45, 7) is 3.45. The third-order valence-corrected chi connectivity index (χ3v) is 5.74. The van der Waals surface area contributed by atoms with E-state index in [-0.39, 0.29) is 5.75 Å². The van der Waals surface area contributed by atoms with Gasteiger partial charge < -0.3 is 9.30 Å². The summed E-state index contributed by atoms with van der Waals surface area (Å²) in [6, 6.07) is 7.82. The number of aryl methyl sites for hydroxylation is 1. The highest BCUT2D eigenvalue weighted by molar-refractivity contribution is 7.93. The van der Waals surface area contributed by atoms with Gasteiger partial charge in [0, 0.05) is 24.5 Å². The van der Waals surface area contributed by atoms with Crippen LogP contribution in [0.2, 0.25) is 0 Å². The van der Waals surface area contributed by atoms with Gasteiger partial charge in [0.2, 0.25) is 10.0 Å². The number of nitrogens with zero attached hydrogens (tertiary/aromatic N) is 2. The number of sulfonamides is 1. The highest BCUT2D eigenvalue weighted by Crippen LogP contribution is 2.33. The van der Waals surface area contributed by atoms with Crippen molar-refractivity contribution in [2.24, 2.45) is 0 Å². The smallest absolute Gasteiger partial charge is 0.236 e. The minimum absolute atomic E-state index is 0.240. The fourth-order valence-electron chi connectivity index (χ4n) is 2.91. The Morgan fingerprint density at radius 3 is 2.71 bits per heavy atom. The van der Waals surface area contributed by atoms with E-state index in [1.807, 2.05) is 24.3 Å². The number of hydrogen-bond acceptors (Lipinski definition) is 3. The Bertz CT molecular complexity index is 765. The number of anilines is 1. The Morgan fingerprint density at radius 2 is 2.10 bits per heavy atom. The molecule has 1 aliphatic heterocycles.